The molecule has 0 aromatic rings. The third-order valence-corrected chi connectivity index (χ3v) is 3.00. The zero-order valence-electron chi connectivity index (χ0n) is 12.0. The molecule has 1 aliphatic heterocycles. The SMILES string of the molecule is CCN1CC(=O)N(CCCNC(C)(C)C)CC1=O. The first kappa shape index (κ1) is 15.0. The van der Waals surface area contributed by atoms with Crippen molar-refractivity contribution in [3.63, 3.8) is 0 Å². The van der Waals surface area contributed by atoms with Crippen LogP contribution in [0.25, 0.3) is 0 Å². The van der Waals surface area contributed by atoms with E-state index in [9.17, 15) is 9.59 Å². The summed E-state index contributed by atoms with van der Waals surface area (Å²) in [5.41, 5.74) is 0.0980. The number of hydrogen-bond donors (Lipinski definition) is 1. The van der Waals surface area contributed by atoms with Gasteiger partial charge in [-0.1, -0.05) is 0 Å². The van der Waals surface area contributed by atoms with Crippen LogP contribution in [-0.4, -0.2) is 59.9 Å². The fourth-order valence-corrected chi connectivity index (χ4v) is 1.93. The lowest BCUT2D eigenvalue weighted by Crippen LogP contribution is -2.54. The second-order valence-electron chi connectivity index (χ2n) is 5.75. The second kappa shape index (κ2) is 6.18. The Morgan fingerprint density at radius 3 is 2.22 bits per heavy atom. The average Bonchev–Trinajstić information content (AvgIpc) is 2.27. The molecule has 0 saturated carbocycles. The maximum atomic E-state index is 11.8. The molecular weight excluding hydrogens is 230 g/mol. The van der Waals surface area contributed by atoms with Crippen LogP contribution < -0.4 is 5.32 Å². The van der Waals surface area contributed by atoms with Crippen molar-refractivity contribution in [3.05, 3.63) is 0 Å². The molecule has 1 N–H and O–H groups in total. The summed E-state index contributed by atoms with van der Waals surface area (Å²) in [5.74, 6) is 0.119. The molecule has 0 radical (unpaired) electrons. The second-order valence-corrected chi connectivity index (χ2v) is 5.75. The highest BCUT2D eigenvalue weighted by atomic mass is 16.2. The fourth-order valence-electron chi connectivity index (χ4n) is 1.93. The summed E-state index contributed by atoms with van der Waals surface area (Å²) in [4.78, 5) is 26.8. The highest BCUT2D eigenvalue weighted by Crippen LogP contribution is 2.05. The van der Waals surface area contributed by atoms with Gasteiger partial charge in [-0.25, -0.2) is 0 Å². The van der Waals surface area contributed by atoms with E-state index in [-0.39, 0.29) is 30.4 Å². The quantitative estimate of drug-likeness (QED) is 0.726. The number of carbonyl (C=O) groups is 2. The number of piperazine rings is 1. The van der Waals surface area contributed by atoms with Crippen LogP contribution in [0.5, 0.6) is 0 Å². The number of amides is 2. The topological polar surface area (TPSA) is 52.7 Å². The summed E-state index contributed by atoms with van der Waals surface area (Å²) >= 11 is 0. The smallest absolute Gasteiger partial charge is 0.242 e. The number of nitrogens with zero attached hydrogens (tertiary/aromatic N) is 2. The van der Waals surface area contributed by atoms with Crippen molar-refractivity contribution in [2.45, 2.75) is 39.7 Å². The third kappa shape index (κ3) is 4.64. The van der Waals surface area contributed by atoms with Crippen molar-refractivity contribution in [2.24, 2.45) is 0 Å². The third-order valence-electron chi connectivity index (χ3n) is 3.00. The van der Waals surface area contributed by atoms with Gasteiger partial charge in [-0.2, -0.15) is 0 Å². The van der Waals surface area contributed by atoms with Crippen LogP contribution in [0.4, 0.5) is 0 Å². The first-order valence-electron chi connectivity index (χ1n) is 6.64. The van der Waals surface area contributed by atoms with Gasteiger partial charge in [0.05, 0.1) is 13.1 Å². The molecule has 1 fully saturated rings. The van der Waals surface area contributed by atoms with Gasteiger partial charge in [-0.15, -0.1) is 0 Å². The summed E-state index contributed by atoms with van der Waals surface area (Å²) in [5, 5.41) is 3.37. The van der Waals surface area contributed by atoms with E-state index in [1.165, 1.54) is 0 Å². The van der Waals surface area contributed by atoms with Gasteiger partial charge in [0.15, 0.2) is 0 Å². The standard InChI is InChI=1S/C13H25N3O2/c1-5-15-9-12(18)16(10-11(15)17)8-6-7-14-13(2,3)4/h14H,5-10H2,1-4H3. The molecule has 0 aliphatic carbocycles. The van der Waals surface area contributed by atoms with Gasteiger partial charge >= 0.3 is 0 Å². The van der Waals surface area contributed by atoms with E-state index in [2.05, 4.69) is 26.1 Å². The maximum absolute atomic E-state index is 11.8. The first-order valence-corrected chi connectivity index (χ1v) is 6.64. The Kier molecular flexibility index (Phi) is 5.14. The normalized spacial score (nSPS) is 17.6. The summed E-state index contributed by atoms with van der Waals surface area (Å²) in [7, 11) is 0. The Labute approximate surface area is 110 Å². The van der Waals surface area contributed by atoms with Crippen LogP contribution in [0.2, 0.25) is 0 Å². The summed E-state index contributed by atoms with van der Waals surface area (Å²) in [6.45, 7) is 10.8. The van der Waals surface area contributed by atoms with Gasteiger partial charge in [-0.05, 0) is 40.7 Å². The van der Waals surface area contributed by atoms with E-state index in [1.807, 2.05) is 6.92 Å². The molecule has 0 unspecified atom stereocenters. The lowest BCUT2D eigenvalue weighted by atomic mass is 10.1. The Balaban J connectivity index is 2.31. The molecule has 0 aromatic carbocycles. The first-order chi connectivity index (χ1) is 8.33. The maximum Gasteiger partial charge on any atom is 0.242 e. The molecule has 1 rings (SSSR count). The molecule has 0 spiro atoms. The monoisotopic (exact) mass is 255 g/mol. The molecular formula is C13H25N3O2. The Bertz CT molecular complexity index is 310. The summed E-state index contributed by atoms with van der Waals surface area (Å²) in [6.07, 6.45) is 0.877. The van der Waals surface area contributed by atoms with Crippen LogP contribution >= 0.6 is 0 Å². The Hall–Kier alpha value is -1.10. The molecule has 2 amide bonds. The van der Waals surface area contributed by atoms with Gasteiger partial charge in [0.25, 0.3) is 0 Å². The van der Waals surface area contributed by atoms with Gasteiger partial charge in [0.1, 0.15) is 0 Å². The lowest BCUT2D eigenvalue weighted by Gasteiger charge is -2.33. The van der Waals surface area contributed by atoms with Gasteiger partial charge in [0, 0.05) is 18.6 Å². The largest absolute Gasteiger partial charge is 0.332 e. The molecule has 5 nitrogen and oxygen atoms in total. The molecule has 1 saturated heterocycles. The van der Waals surface area contributed by atoms with Gasteiger partial charge in [-0.3, -0.25) is 9.59 Å². The van der Waals surface area contributed by atoms with Crippen molar-refractivity contribution in [2.75, 3.05) is 32.7 Å². The van der Waals surface area contributed by atoms with Crippen LogP contribution in [0.15, 0.2) is 0 Å². The van der Waals surface area contributed by atoms with Crippen LogP contribution in [0.1, 0.15) is 34.1 Å². The van der Waals surface area contributed by atoms with Crippen LogP contribution in [0.3, 0.4) is 0 Å². The molecule has 5 heteroatoms. The van der Waals surface area contributed by atoms with Crippen molar-refractivity contribution >= 4 is 11.8 Å². The molecule has 1 heterocycles. The van der Waals surface area contributed by atoms with Gasteiger partial charge in [0.2, 0.25) is 11.8 Å². The molecule has 0 aromatic heterocycles. The van der Waals surface area contributed by atoms with E-state index < -0.39 is 0 Å². The highest BCUT2D eigenvalue weighted by Gasteiger charge is 2.28. The molecule has 1 aliphatic rings. The number of rotatable bonds is 5. The van der Waals surface area contributed by atoms with E-state index in [0.717, 1.165) is 13.0 Å². The minimum absolute atomic E-state index is 0.0564. The van der Waals surface area contributed by atoms with Crippen molar-refractivity contribution in [3.8, 4) is 0 Å². The Morgan fingerprint density at radius 1 is 1.11 bits per heavy atom. The summed E-state index contributed by atoms with van der Waals surface area (Å²) < 4.78 is 0. The summed E-state index contributed by atoms with van der Waals surface area (Å²) in [6, 6.07) is 0. The van der Waals surface area contributed by atoms with Crippen molar-refractivity contribution in [1.82, 2.24) is 15.1 Å². The van der Waals surface area contributed by atoms with Gasteiger partial charge < -0.3 is 15.1 Å². The number of likely N-dealkylation sites (N-methyl/N-ethyl adjacent to an activating group) is 1. The zero-order chi connectivity index (χ0) is 13.8. The molecule has 104 valence electrons. The van der Waals surface area contributed by atoms with E-state index in [4.69, 9.17) is 0 Å². The molecule has 18 heavy (non-hydrogen) atoms. The minimum atomic E-state index is 0.0564. The average molecular weight is 255 g/mol. The van der Waals surface area contributed by atoms with Crippen LogP contribution in [-0.2, 0) is 9.59 Å². The Morgan fingerprint density at radius 2 is 1.67 bits per heavy atom. The van der Waals surface area contributed by atoms with Crippen molar-refractivity contribution < 1.29 is 9.59 Å². The van der Waals surface area contributed by atoms with Crippen LogP contribution in [0, 0.1) is 0 Å². The molecule has 0 bridgehead atoms. The lowest BCUT2D eigenvalue weighted by molar-refractivity contribution is -0.149. The zero-order valence-corrected chi connectivity index (χ0v) is 12.0. The van der Waals surface area contributed by atoms with E-state index in [0.29, 0.717) is 13.1 Å². The predicted octanol–water partition coefficient (Wildman–Crippen LogP) is 0.455. The molecule has 0 atom stereocenters. The minimum Gasteiger partial charge on any atom is -0.332 e. The number of carbonyl (C=O) groups excluding carboxylic acids is 2. The highest BCUT2D eigenvalue weighted by molar-refractivity contribution is 5.92. The number of nitrogens with one attached hydrogen (secondary N) is 1. The fraction of sp³-hybridized carbons (Fsp3) is 0.846. The predicted molar refractivity (Wildman–Crippen MR) is 71.2 cm³/mol. The van der Waals surface area contributed by atoms with Crippen molar-refractivity contribution in [1.29, 1.82) is 0 Å². The van der Waals surface area contributed by atoms with E-state index in [1.54, 1.807) is 9.80 Å². The van der Waals surface area contributed by atoms with E-state index >= 15 is 0 Å². The number of hydrogen-bond acceptors (Lipinski definition) is 3.